The molecular weight excluding hydrogens is 264 g/mol. The van der Waals surface area contributed by atoms with Crippen molar-refractivity contribution in [2.24, 2.45) is 11.8 Å². The summed E-state index contributed by atoms with van der Waals surface area (Å²) in [7, 11) is 0. The summed E-state index contributed by atoms with van der Waals surface area (Å²) in [5.41, 5.74) is 4.20. The first-order valence-corrected chi connectivity index (χ1v) is 8.47. The van der Waals surface area contributed by atoms with E-state index in [1.165, 1.54) is 36.0 Å². The summed E-state index contributed by atoms with van der Waals surface area (Å²) in [5.74, 6) is 1.86. The number of thiol groups is 1. The van der Waals surface area contributed by atoms with Crippen LogP contribution in [0.4, 0.5) is 0 Å². The Morgan fingerprint density at radius 2 is 2.10 bits per heavy atom. The van der Waals surface area contributed by atoms with E-state index in [2.05, 4.69) is 51.6 Å². The van der Waals surface area contributed by atoms with Crippen molar-refractivity contribution < 1.29 is 5.11 Å². The molecule has 1 aromatic carbocycles. The van der Waals surface area contributed by atoms with Crippen LogP contribution in [-0.2, 0) is 0 Å². The molecule has 4 atom stereocenters. The van der Waals surface area contributed by atoms with Crippen LogP contribution in [0.2, 0.25) is 0 Å². The van der Waals surface area contributed by atoms with E-state index in [0.717, 1.165) is 12.3 Å². The maximum Gasteiger partial charge on any atom is 0.0459 e. The Morgan fingerprint density at radius 1 is 1.35 bits per heavy atom. The molecule has 0 heterocycles. The van der Waals surface area contributed by atoms with Crippen LogP contribution in [0, 0.1) is 18.8 Å². The van der Waals surface area contributed by atoms with E-state index in [4.69, 9.17) is 0 Å². The molecule has 1 N–H and O–H groups in total. The predicted octanol–water partition coefficient (Wildman–Crippen LogP) is 4.89. The van der Waals surface area contributed by atoms with Gasteiger partial charge in [-0.25, -0.2) is 0 Å². The fourth-order valence-corrected chi connectivity index (χ4v) is 3.83. The topological polar surface area (TPSA) is 20.2 Å². The highest BCUT2D eigenvalue weighted by atomic mass is 32.1. The second-order valence-corrected chi connectivity index (χ2v) is 7.20. The molecule has 112 valence electrons. The Balaban J connectivity index is 2.33. The van der Waals surface area contributed by atoms with Gasteiger partial charge in [0.2, 0.25) is 0 Å². The van der Waals surface area contributed by atoms with E-state index >= 15 is 0 Å². The molecule has 2 heteroatoms. The van der Waals surface area contributed by atoms with Crippen molar-refractivity contribution in [1.29, 1.82) is 0 Å². The zero-order chi connectivity index (χ0) is 14.7. The smallest absolute Gasteiger partial charge is 0.0459 e. The van der Waals surface area contributed by atoms with Crippen molar-refractivity contribution in [2.75, 3.05) is 6.61 Å². The molecule has 0 aliphatic heterocycles. The third-order valence-electron chi connectivity index (χ3n) is 5.07. The number of hydrogen-bond donors (Lipinski definition) is 2. The highest BCUT2D eigenvalue weighted by Gasteiger charge is 2.31. The van der Waals surface area contributed by atoms with Gasteiger partial charge in [0.25, 0.3) is 0 Å². The molecule has 20 heavy (non-hydrogen) atoms. The molecule has 1 aliphatic carbocycles. The van der Waals surface area contributed by atoms with Crippen LogP contribution < -0.4 is 0 Å². The minimum absolute atomic E-state index is 0.284. The van der Waals surface area contributed by atoms with Gasteiger partial charge < -0.3 is 5.11 Å². The summed E-state index contributed by atoms with van der Waals surface area (Å²) in [6, 6.07) is 6.80. The van der Waals surface area contributed by atoms with Crippen LogP contribution in [0.25, 0.3) is 0 Å². The quantitative estimate of drug-likeness (QED) is 0.757. The molecule has 1 aliphatic rings. The van der Waals surface area contributed by atoms with E-state index in [1.54, 1.807) is 0 Å². The number of aliphatic hydroxyl groups excluding tert-OH is 1. The highest BCUT2D eigenvalue weighted by molar-refractivity contribution is 7.80. The van der Waals surface area contributed by atoms with Crippen LogP contribution in [0.15, 0.2) is 18.2 Å². The van der Waals surface area contributed by atoms with E-state index in [0.29, 0.717) is 18.4 Å². The molecule has 0 spiro atoms. The van der Waals surface area contributed by atoms with Gasteiger partial charge in [-0.15, -0.1) is 0 Å². The third-order valence-corrected chi connectivity index (χ3v) is 5.37. The van der Waals surface area contributed by atoms with Crippen LogP contribution in [0.5, 0.6) is 0 Å². The zero-order valence-electron chi connectivity index (χ0n) is 13.0. The first kappa shape index (κ1) is 15.9. The molecule has 1 aromatic rings. The van der Waals surface area contributed by atoms with Crippen molar-refractivity contribution in [3.63, 3.8) is 0 Å². The molecule has 0 radical (unpaired) electrons. The van der Waals surface area contributed by atoms with Gasteiger partial charge in [-0.2, -0.15) is 12.6 Å². The van der Waals surface area contributed by atoms with E-state index in [-0.39, 0.29) is 5.25 Å². The summed E-state index contributed by atoms with van der Waals surface area (Å²) in [4.78, 5) is 0. The van der Waals surface area contributed by atoms with E-state index < -0.39 is 0 Å². The summed E-state index contributed by atoms with van der Waals surface area (Å²) < 4.78 is 0. The summed E-state index contributed by atoms with van der Waals surface area (Å²) in [6.45, 7) is 7.00. The first-order valence-electron chi connectivity index (χ1n) is 7.96. The maximum absolute atomic E-state index is 9.51. The average Bonchev–Trinajstić information content (AvgIpc) is 2.46. The summed E-state index contributed by atoms with van der Waals surface area (Å²) in [5, 5.41) is 9.80. The lowest BCUT2D eigenvalue weighted by Crippen LogP contribution is -2.25. The van der Waals surface area contributed by atoms with Crippen molar-refractivity contribution in [1.82, 2.24) is 0 Å². The van der Waals surface area contributed by atoms with Crippen LogP contribution in [-0.4, -0.2) is 11.7 Å². The predicted molar refractivity (Wildman–Crippen MR) is 89.5 cm³/mol. The third kappa shape index (κ3) is 3.40. The average molecular weight is 292 g/mol. The summed E-state index contributed by atoms with van der Waals surface area (Å²) in [6.07, 6.45) is 4.82. The largest absolute Gasteiger partial charge is 0.396 e. The molecule has 2 rings (SSSR count). The SMILES string of the molecule is CCC1CCC(CO)CC1c1cc(C(C)S)ccc1C. The summed E-state index contributed by atoms with van der Waals surface area (Å²) >= 11 is 4.57. The minimum atomic E-state index is 0.284. The number of aliphatic hydroxyl groups is 1. The minimum Gasteiger partial charge on any atom is -0.396 e. The van der Waals surface area contributed by atoms with Crippen LogP contribution >= 0.6 is 12.6 Å². The monoisotopic (exact) mass is 292 g/mol. The number of hydrogen-bond acceptors (Lipinski definition) is 2. The lowest BCUT2D eigenvalue weighted by atomic mass is 9.69. The molecule has 1 saturated carbocycles. The fourth-order valence-electron chi connectivity index (χ4n) is 3.67. The van der Waals surface area contributed by atoms with Crippen molar-refractivity contribution in [3.05, 3.63) is 34.9 Å². The van der Waals surface area contributed by atoms with Gasteiger partial charge in [-0.1, -0.05) is 31.5 Å². The van der Waals surface area contributed by atoms with E-state index in [9.17, 15) is 5.11 Å². The molecule has 0 bridgehead atoms. The van der Waals surface area contributed by atoms with Gasteiger partial charge in [0, 0.05) is 11.9 Å². The van der Waals surface area contributed by atoms with Crippen LogP contribution in [0.1, 0.15) is 67.4 Å². The standard InChI is InChI=1S/C18H28OS/c1-4-15-8-6-14(11-19)9-18(15)17-10-16(13(3)20)7-5-12(17)2/h5,7,10,13-15,18-20H,4,6,8-9,11H2,1-3H3. The van der Waals surface area contributed by atoms with Gasteiger partial charge >= 0.3 is 0 Å². The molecule has 0 saturated heterocycles. The Labute approximate surface area is 129 Å². The maximum atomic E-state index is 9.51. The Morgan fingerprint density at radius 3 is 2.70 bits per heavy atom. The highest BCUT2D eigenvalue weighted by Crippen LogP contribution is 2.43. The van der Waals surface area contributed by atoms with Gasteiger partial charge in [-0.05, 0) is 67.6 Å². The van der Waals surface area contributed by atoms with Gasteiger partial charge in [0.15, 0.2) is 0 Å². The fraction of sp³-hybridized carbons (Fsp3) is 0.667. The van der Waals surface area contributed by atoms with Crippen molar-refractivity contribution in [3.8, 4) is 0 Å². The van der Waals surface area contributed by atoms with Crippen LogP contribution in [0.3, 0.4) is 0 Å². The lowest BCUT2D eigenvalue weighted by molar-refractivity contribution is 0.148. The van der Waals surface area contributed by atoms with Gasteiger partial charge in [-0.3, -0.25) is 0 Å². The normalized spacial score (nSPS) is 28.4. The lowest BCUT2D eigenvalue weighted by Gasteiger charge is -2.36. The van der Waals surface area contributed by atoms with Crippen molar-refractivity contribution in [2.45, 2.75) is 57.6 Å². The first-order chi connectivity index (χ1) is 9.56. The molecule has 0 amide bonds. The molecular formula is C18H28OS. The molecule has 1 fully saturated rings. The second kappa shape index (κ2) is 7.00. The molecule has 1 nitrogen and oxygen atoms in total. The van der Waals surface area contributed by atoms with Gasteiger partial charge in [0.05, 0.1) is 0 Å². The second-order valence-electron chi connectivity index (χ2n) is 6.43. The zero-order valence-corrected chi connectivity index (χ0v) is 13.9. The number of benzene rings is 1. The Kier molecular flexibility index (Phi) is 5.57. The van der Waals surface area contributed by atoms with Gasteiger partial charge in [0.1, 0.15) is 0 Å². The number of rotatable bonds is 4. The number of aryl methyl sites for hydroxylation is 1. The van der Waals surface area contributed by atoms with E-state index in [1.807, 2.05) is 0 Å². The van der Waals surface area contributed by atoms with Crippen molar-refractivity contribution >= 4 is 12.6 Å². The molecule has 4 unspecified atom stereocenters. The molecule has 0 aromatic heterocycles. The Bertz CT molecular complexity index is 441. The Hall–Kier alpha value is -0.470.